The first-order valence-electron chi connectivity index (χ1n) is 9.90. The highest BCUT2D eigenvalue weighted by Crippen LogP contribution is 2.42. The second kappa shape index (κ2) is 10.1. The molecule has 0 saturated carbocycles. The highest BCUT2D eigenvalue weighted by atomic mass is 79.9. The molecule has 3 heteroatoms. The molecule has 1 aliphatic rings. The van der Waals surface area contributed by atoms with Crippen LogP contribution in [0.25, 0.3) is 11.1 Å². The summed E-state index contributed by atoms with van der Waals surface area (Å²) in [6, 6.07) is 11.2. The van der Waals surface area contributed by atoms with Crippen molar-refractivity contribution in [3.8, 4) is 11.1 Å². The second-order valence-corrected chi connectivity index (χ2v) is 9.10. The van der Waals surface area contributed by atoms with Crippen molar-refractivity contribution >= 4 is 31.9 Å². The van der Waals surface area contributed by atoms with E-state index in [0.29, 0.717) is 6.61 Å². The Bertz CT molecular complexity index is 739. The Hall–Kier alpha value is -0.640. The van der Waals surface area contributed by atoms with Gasteiger partial charge in [-0.15, -0.1) is 0 Å². The molecule has 0 unspecified atom stereocenters. The summed E-state index contributed by atoms with van der Waals surface area (Å²) in [6.45, 7) is 0.344. The fourth-order valence-electron chi connectivity index (χ4n) is 4.02. The van der Waals surface area contributed by atoms with Gasteiger partial charge in [-0.2, -0.15) is 0 Å². The molecule has 0 atom stereocenters. The van der Waals surface area contributed by atoms with E-state index in [1.165, 1.54) is 88.1 Å². The topological polar surface area (TPSA) is 20.2 Å². The van der Waals surface area contributed by atoms with Gasteiger partial charge in [-0.25, -0.2) is 0 Å². The number of rotatable bonds is 10. The Kier molecular flexibility index (Phi) is 7.77. The van der Waals surface area contributed by atoms with E-state index in [4.69, 9.17) is 5.11 Å². The molecule has 140 valence electrons. The first-order valence-corrected chi connectivity index (χ1v) is 11.5. The number of fused-ring (bicyclic) bond motifs is 3. The van der Waals surface area contributed by atoms with Gasteiger partial charge in [-0.1, -0.05) is 82.5 Å². The van der Waals surface area contributed by atoms with Crippen LogP contribution in [0.4, 0.5) is 0 Å². The molecule has 2 aromatic carbocycles. The molecule has 0 aliphatic heterocycles. The van der Waals surface area contributed by atoms with Crippen molar-refractivity contribution in [2.45, 2.75) is 64.2 Å². The molecule has 0 aromatic heterocycles. The third-order valence-electron chi connectivity index (χ3n) is 5.43. The minimum Gasteiger partial charge on any atom is -0.396 e. The predicted octanol–water partition coefficient (Wildman–Crippen LogP) is 7.44. The van der Waals surface area contributed by atoms with Crippen LogP contribution in [0.15, 0.2) is 39.3 Å². The van der Waals surface area contributed by atoms with Gasteiger partial charge in [-0.3, -0.25) is 0 Å². The first kappa shape index (κ1) is 20.1. The van der Waals surface area contributed by atoms with E-state index in [2.05, 4.69) is 62.2 Å². The number of hydrogen-bond donors (Lipinski definition) is 1. The standard InChI is InChI=1S/C23H28Br2O/c24-18-10-11-19-17(15-18)16-22-20(19)12-13-23(25)21(22)9-7-5-3-1-2-4-6-8-14-26/h10-13,15,26H,1-9,14,16H2. The minimum absolute atomic E-state index is 0.344. The van der Waals surface area contributed by atoms with Crippen molar-refractivity contribution in [1.82, 2.24) is 0 Å². The maximum absolute atomic E-state index is 8.80. The molecule has 3 rings (SSSR count). The molecule has 1 nitrogen and oxygen atoms in total. The third-order valence-corrected chi connectivity index (χ3v) is 6.67. The van der Waals surface area contributed by atoms with Crippen molar-refractivity contribution in [2.24, 2.45) is 0 Å². The minimum atomic E-state index is 0.344. The molecule has 1 N–H and O–H groups in total. The zero-order chi connectivity index (χ0) is 18.4. The number of aliphatic hydroxyl groups is 1. The Morgan fingerprint density at radius 3 is 2.15 bits per heavy atom. The van der Waals surface area contributed by atoms with Crippen molar-refractivity contribution in [3.05, 3.63) is 56.0 Å². The van der Waals surface area contributed by atoms with Gasteiger partial charge in [0.05, 0.1) is 0 Å². The molecule has 2 aromatic rings. The fraction of sp³-hybridized carbons (Fsp3) is 0.478. The summed E-state index contributed by atoms with van der Waals surface area (Å²) >= 11 is 7.40. The van der Waals surface area contributed by atoms with Crippen molar-refractivity contribution in [1.29, 1.82) is 0 Å². The van der Waals surface area contributed by atoms with Crippen LogP contribution in [0, 0.1) is 0 Å². The Morgan fingerprint density at radius 1 is 0.769 bits per heavy atom. The second-order valence-electron chi connectivity index (χ2n) is 7.33. The molecule has 0 saturated heterocycles. The molecule has 0 amide bonds. The summed E-state index contributed by atoms with van der Waals surface area (Å²) < 4.78 is 2.44. The molecule has 0 bridgehead atoms. The number of hydrogen-bond acceptors (Lipinski definition) is 1. The predicted molar refractivity (Wildman–Crippen MR) is 118 cm³/mol. The van der Waals surface area contributed by atoms with Crippen LogP contribution in [0.2, 0.25) is 0 Å². The number of benzene rings is 2. The summed E-state index contributed by atoms with van der Waals surface area (Å²) in [7, 11) is 0. The van der Waals surface area contributed by atoms with Crippen LogP contribution in [-0.2, 0) is 12.8 Å². The van der Waals surface area contributed by atoms with Gasteiger partial charge in [0.1, 0.15) is 0 Å². The van der Waals surface area contributed by atoms with Gasteiger partial charge >= 0.3 is 0 Å². The maximum atomic E-state index is 8.80. The lowest BCUT2D eigenvalue weighted by molar-refractivity contribution is 0.282. The van der Waals surface area contributed by atoms with E-state index >= 15 is 0 Å². The van der Waals surface area contributed by atoms with Gasteiger partial charge in [0.25, 0.3) is 0 Å². The van der Waals surface area contributed by atoms with Crippen molar-refractivity contribution in [3.63, 3.8) is 0 Å². The van der Waals surface area contributed by atoms with E-state index in [-0.39, 0.29) is 0 Å². The Labute approximate surface area is 174 Å². The summed E-state index contributed by atoms with van der Waals surface area (Å²) in [6.07, 6.45) is 12.2. The molecule has 0 radical (unpaired) electrons. The summed E-state index contributed by atoms with van der Waals surface area (Å²) in [4.78, 5) is 0. The zero-order valence-corrected chi connectivity index (χ0v) is 18.5. The fourth-order valence-corrected chi connectivity index (χ4v) is 5.00. The van der Waals surface area contributed by atoms with Crippen LogP contribution in [-0.4, -0.2) is 11.7 Å². The Morgan fingerprint density at radius 2 is 1.42 bits per heavy atom. The molecular formula is C23H28Br2O. The van der Waals surface area contributed by atoms with Gasteiger partial charge < -0.3 is 5.11 Å². The van der Waals surface area contributed by atoms with E-state index in [0.717, 1.165) is 12.8 Å². The first-order chi connectivity index (χ1) is 12.7. The lowest BCUT2D eigenvalue weighted by atomic mass is 9.96. The number of halogens is 2. The smallest absolute Gasteiger partial charge is 0.0431 e. The highest BCUT2D eigenvalue weighted by Gasteiger charge is 2.22. The van der Waals surface area contributed by atoms with Crippen LogP contribution in [0.3, 0.4) is 0 Å². The normalized spacial score (nSPS) is 12.3. The van der Waals surface area contributed by atoms with E-state index in [1.54, 1.807) is 0 Å². The maximum Gasteiger partial charge on any atom is 0.0431 e. The molecule has 0 fully saturated rings. The van der Waals surface area contributed by atoms with E-state index < -0.39 is 0 Å². The largest absolute Gasteiger partial charge is 0.396 e. The zero-order valence-electron chi connectivity index (χ0n) is 15.4. The molecule has 1 aliphatic carbocycles. The number of unbranched alkanes of at least 4 members (excludes halogenated alkanes) is 7. The average molecular weight is 480 g/mol. The van der Waals surface area contributed by atoms with Crippen molar-refractivity contribution < 1.29 is 5.11 Å². The van der Waals surface area contributed by atoms with Gasteiger partial charge in [0, 0.05) is 15.6 Å². The lowest BCUT2D eigenvalue weighted by Gasteiger charge is -2.11. The third kappa shape index (κ3) is 4.99. The highest BCUT2D eigenvalue weighted by molar-refractivity contribution is 9.10. The molecule has 0 heterocycles. The SMILES string of the molecule is OCCCCCCCCCCc1c(Br)ccc2c1Cc1cc(Br)ccc1-2. The van der Waals surface area contributed by atoms with Crippen LogP contribution in [0.5, 0.6) is 0 Å². The van der Waals surface area contributed by atoms with Gasteiger partial charge in [0.15, 0.2) is 0 Å². The van der Waals surface area contributed by atoms with Crippen LogP contribution in [0.1, 0.15) is 68.1 Å². The summed E-state index contributed by atoms with van der Waals surface area (Å²) in [5, 5.41) is 8.80. The summed E-state index contributed by atoms with van der Waals surface area (Å²) in [5.74, 6) is 0. The van der Waals surface area contributed by atoms with Crippen molar-refractivity contribution in [2.75, 3.05) is 6.61 Å². The van der Waals surface area contributed by atoms with E-state index in [1.807, 2.05) is 0 Å². The Balaban J connectivity index is 1.52. The molecule has 26 heavy (non-hydrogen) atoms. The summed E-state index contributed by atoms with van der Waals surface area (Å²) in [5.41, 5.74) is 7.31. The van der Waals surface area contributed by atoms with E-state index in [9.17, 15) is 0 Å². The quantitative estimate of drug-likeness (QED) is 0.299. The number of aliphatic hydroxyl groups excluding tert-OH is 1. The van der Waals surface area contributed by atoms with Gasteiger partial charge in [-0.05, 0) is 71.7 Å². The van der Waals surface area contributed by atoms with Gasteiger partial charge in [0.2, 0.25) is 0 Å². The average Bonchev–Trinajstić information content (AvgIpc) is 2.99. The monoisotopic (exact) mass is 478 g/mol. The lowest BCUT2D eigenvalue weighted by Crippen LogP contribution is -1.95. The molecule has 0 spiro atoms. The van der Waals surface area contributed by atoms with Crippen LogP contribution >= 0.6 is 31.9 Å². The van der Waals surface area contributed by atoms with Crippen LogP contribution < -0.4 is 0 Å². The molecular weight excluding hydrogens is 452 g/mol.